The van der Waals surface area contributed by atoms with Crippen molar-refractivity contribution in [1.82, 2.24) is 5.43 Å². The zero-order chi connectivity index (χ0) is 15.1. The Hall–Kier alpha value is -2.62. The van der Waals surface area contributed by atoms with Crippen LogP contribution in [0.4, 0.5) is 0 Å². The molecule has 0 saturated heterocycles. The van der Waals surface area contributed by atoms with Gasteiger partial charge in [0.2, 0.25) is 0 Å². The van der Waals surface area contributed by atoms with E-state index in [0.717, 1.165) is 29.3 Å². The summed E-state index contributed by atoms with van der Waals surface area (Å²) in [5, 5.41) is 16.1. The number of rotatable bonds is 2. The molecule has 2 aromatic carbocycles. The van der Waals surface area contributed by atoms with Gasteiger partial charge < -0.3 is 5.11 Å². The van der Waals surface area contributed by atoms with Crippen LogP contribution in [-0.4, -0.2) is 16.7 Å². The first-order chi connectivity index (χ1) is 10.7. The number of hydrogen-bond donors (Lipinski definition) is 2. The highest BCUT2D eigenvalue weighted by Gasteiger charge is 2.38. The number of carbonyl (C=O) groups is 1. The molecule has 1 saturated carbocycles. The van der Waals surface area contributed by atoms with Crippen LogP contribution < -0.4 is 5.43 Å². The topological polar surface area (TPSA) is 61.7 Å². The van der Waals surface area contributed by atoms with Crippen LogP contribution in [0.25, 0.3) is 10.8 Å². The summed E-state index contributed by atoms with van der Waals surface area (Å²) in [5.74, 6) is 0.672. The van der Waals surface area contributed by atoms with E-state index in [-0.39, 0.29) is 17.2 Å². The highest BCUT2D eigenvalue weighted by atomic mass is 16.3. The third-order valence-electron chi connectivity index (χ3n) is 4.57. The number of nitrogens with one attached hydrogen (secondary N) is 1. The number of fused-ring (bicyclic) bond motifs is 2. The predicted octanol–water partition coefficient (Wildman–Crippen LogP) is 3.23. The molecule has 0 radical (unpaired) electrons. The lowest BCUT2D eigenvalue weighted by Gasteiger charge is -2.31. The molecule has 2 aliphatic rings. The number of phenolic OH excluding ortho intramolecular Hbond substituents is 1. The third kappa shape index (κ3) is 2.08. The summed E-state index contributed by atoms with van der Waals surface area (Å²) in [6.45, 7) is 0. The molecule has 4 nitrogen and oxygen atoms in total. The molecule has 1 fully saturated rings. The Bertz CT molecular complexity index is 823. The van der Waals surface area contributed by atoms with E-state index in [4.69, 9.17) is 0 Å². The number of hydrazone groups is 1. The average Bonchev–Trinajstić information content (AvgIpc) is 2.88. The van der Waals surface area contributed by atoms with Crippen LogP contribution >= 0.6 is 0 Å². The SMILES string of the molecule is O=C(N/N=C1/C[C@H]2C=CC[C@H]12)c1cc2ccccc2cc1O. The van der Waals surface area contributed by atoms with Gasteiger partial charge in [-0.05, 0) is 41.7 Å². The first-order valence-corrected chi connectivity index (χ1v) is 7.47. The van der Waals surface area contributed by atoms with E-state index in [1.54, 1.807) is 12.1 Å². The van der Waals surface area contributed by atoms with Crippen molar-refractivity contribution < 1.29 is 9.90 Å². The summed E-state index contributed by atoms with van der Waals surface area (Å²) in [6, 6.07) is 10.9. The maximum Gasteiger partial charge on any atom is 0.275 e. The fourth-order valence-corrected chi connectivity index (χ4v) is 3.26. The fraction of sp³-hybridized carbons (Fsp3) is 0.222. The number of phenols is 1. The van der Waals surface area contributed by atoms with E-state index in [2.05, 4.69) is 22.7 Å². The van der Waals surface area contributed by atoms with E-state index in [9.17, 15) is 9.90 Å². The lowest BCUT2D eigenvalue weighted by molar-refractivity contribution is 0.0951. The Morgan fingerprint density at radius 1 is 1.23 bits per heavy atom. The second-order valence-corrected chi connectivity index (χ2v) is 5.90. The Morgan fingerprint density at radius 2 is 2.00 bits per heavy atom. The van der Waals surface area contributed by atoms with Crippen LogP contribution in [0.1, 0.15) is 23.2 Å². The van der Waals surface area contributed by atoms with Crippen LogP contribution in [0.15, 0.2) is 53.7 Å². The molecular formula is C18H16N2O2. The van der Waals surface area contributed by atoms with Crippen molar-refractivity contribution in [2.45, 2.75) is 12.8 Å². The van der Waals surface area contributed by atoms with Gasteiger partial charge in [-0.1, -0.05) is 36.4 Å². The molecule has 0 unspecified atom stereocenters. The van der Waals surface area contributed by atoms with Gasteiger partial charge >= 0.3 is 0 Å². The van der Waals surface area contributed by atoms with E-state index >= 15 is 0 Å². The largest absolute Gasteiger partial charge is 0.507 e. The van der Waals surface area contributed by atoms with Gasteiger partial charge in [0.15, 0.2) is 0 Å². The van der Waals surface area contributed by atoms with Crippen molar-refractivity contribution in [3.05, 3.63) is 54.1 Å². The van der Waals surface area contributed by atoms with E-state index in [1.807, 2.05) is 24.3 Å². The molecule has 4 rings (SSSR count). The number of benzene rings is 2. The molecule has 0 aromatic heterocycles. The smallest absolute Gasteiger partial charge is 0.275 e. The zero-order valence-electron chi connectivity index (χ0n) is 12.0. The van der Waals surface area contributed by atoms with Gasteiger partial charge in [0.05, 0.1) is 5.56 Å². The van der Waals surface area contributed by atoms with Crippen LogP contribution in [-0.2, 0) is 0 Å². The summed E-state index contributed by atoms with van der Waals surface area (Å²) in [4.78, 5) is 12.3. The molecule has 0 heterocycles. The molecule has 2 aliphatic carbocycles. The Balaban J connectivity index is 1.55. The highest BCUT2D eigenvalue weighted by Crippen LogP contribution is 2.40. The number of amides is 1. The summed E-state index contributed by atoms with van der Waals surface area (Å²) >= 11 is 0. The molecule has 2 aromatic rings. The minimum atomic E-state index is -0.370. The highest BCUT2D eigenvalue weighted by molar-refractivity contribution is 6.02. The maximum atomic E-state index is 12.3. The van der Waals surface area contributed by atoms with Gasteiger partial charge in [-0.25, -0.2) is 5.43 Å². The number of allylic oxidation sites excluding steroid dienone is 2. The molecule has 110 valence electrons. The normalized spacial score (nSPS) is 24.3. The van der Waals surface area contributed by atoms with Crippen molar-refractivity contribution in [1.29, 1.82) is 0 Å². The molecule has 0 bridgehead atoms. The van der Waals surface area contributed by atoms with E-state index in [1.165, 1.54) is 0 Å². The summed E-state index contributed by atoms with van der Waals surface area (Å²) in [5.41, 5.74) is 3.88. The number of aromatic hydroxyl groups is 1. The molecule has 2 N–H and O–H groups in total. The van der Waals surface area contributed by atoms with Crippen molar-refractivity contribution in [3.8, 4) is 5.75 Å². The minimum absolute atomic E-state index is 0.0228. The second-order valence-electron chi connectivity index (χ2n) is 5.90. The fourth-order valence-electron chi connectivity index (χ4n) is 3.26. The van der Waals surface area contributed by atoms with Crippen molar-refractivity contribution in [2.75, 3.05) is 0 Å². The second kappa shape index (κ2) is 4.98. The Labute approximate surface area is 128 Å². The van der Waals surface area contributed by atoms with Crippen molar-refractivity contribution in [2.24, 2.45) is 16.9 Å². The van der Waals surface area contributed by atoms with Gasteiger partial charge in [-0.15, -0.1) is 0 Å². The quantitative estimate of drug-likeness (QED) is 0.659. The lowest BCUT2D eigenvalue weighted by atomic mass is 9.74. The first kappa shape index (κ1) is 13.1. The van der Waals surface area contributed by atoms with Gasteiger partial charge in [-0.2, -0.15) is 5.10 Å². The number of nitrogens with zero attached hydrogens (tertiary/aromatic N) is 1. The standard InChI is InChI=1S/C18H16N2O2/c21-17-10-12-5-2-1-4-11(12)8-15(17)18(22)20-19-16-9-13-6-3-7-14(13)16/h1-6,8,10,13-14,21H,7,9H2,(H,20,22)/b19-16-/t13-,14+/m1/s1. The Morgan fingerprint density at radius 3 is 2.77 bits per heavy atom. The molecular weight excluding hydrogens is 276 g/mol. The number of carbonyl (C=O) groups excluding carboxylic acids is 1. The molecule has 0 spiro atoms. The lowest BCUT2D eigenvalue weighted by Crippen LogP contribution is -2.35. The summed E-state index contributed by atoms with van der Waals surface area (Å²) in [6.07, 6.45) is 6.33. The predicted molar refractivity (Wildman–Crippen MR) is 85.9 cm³/mol. The third-order valence-corrected chi connectivity index (χ3v) is 4.57. The Kier molecular flexibility index (Phi) is 2.96. The van der Waals surface area contributed by atoms with Gasteiger partial charge in [0, 0.05) is 11.6 Å². The van der Waals surface area contributed by atoms with Crippen molar-refractivity contribution >= 4 is 22.4 Å². The van der Waals surface area contributed by atoms with Crippen LogP contribution in [0, 0.1) is 11.8 Å². The van der Waals surface area contributed by atoms with Crippen molar-refractivity contribution in [3.63, 3.8) is 0 Å². The monoisotopic (exact) mass is 292 g/mol. The molecule has 2 atom stereocenters. The maximum absolute atomic E-state index is 12.3. The van der Waals surface area contributed by atoms with Gasteiger partial charge in [0.25, 0.3) is 5.91 Å². The van der Waals surface area contributed by atoms with Crippen LogP contribution in [0.3, 0.4) is 0 Å². The van der Waals surface area contributed by atoms with Crippen LogP contribution in [0.2, 0.25) is 0 Å². The minimum Gasteiger partial charge on any atom is -0.507 e. The molecule has 22 heavy (non-hydrogen) atoms. The molecule has 0 aliphatic heterocycles. The summed E-state index contributed by atoms with van der Waals surface area (Å²) in [7, 11) is 0. The number of hydrogen-bond acceptors (Lipinski definition) is 3. The average molecular weight is 292 g/mol. The van der Waals surface area contributed by atoms with E-state index < -0.39 is 0 Å². The van der Waals surface area contributed by atoms with E-state index in [0.29, 0.717) is 11.8 Å². The van der Waals surface area contributed by atoms with Crippen LogP contribution in [0.5, 0.6) is 5.75 Å². The first-order valence-electron chi connectivity index (χ1n) is 7.47. The molecule has 4 heteroatoms. The summed E-state index contributed by atoms with van der Waals surface area (Å²) < 4.78 is 0. The zero-order valence-corrected chi connectivity index (χ0v) is 12.0. The van der Waals surface area contributed by atoms with Gasteiger partial charge in [-0.3, -0.25) is 4.79 Å². The molecule has 1 amide bonds. The van der Waals surface area contributed by atoms with Gasteiger partial charge in [0.1, 0.15) is 5.75 Å².